The number of aliphatic hydroxyl groups excluding tert-OH is 1. The third kappa shape index (κ3) is 3.33. The zero-order valence-corrected chi connectivity index (χ0v) is 11.9. The van der Waals surface area contributed by atoms with Crippen LogP contribution in [0, 0.1) is 6.92 Å². The molecule has 0 aliphatic carbocycles. The van der Waals surface area contributed by atoms with Gasteiger partial charge in [0.15, 0.2) is 0 Å². The van der Waals surface area contributed by atoms with Crippen LogP contribution in [0.25, 0.3) is 10.9 Å². The normalized spacial score (nSPS) is 12.3. The molecule has 0 aliphatic rings. The summed E-state index contributed by atoms with van der Waals surface area (Å²) in [5.41, 5.74) is 2.19. The second-order valence-electron chi connectivity index (χ2n) is 4.94. The number of benzene rings is 1. The summed E-state index contributed by atoms with van der Waals surface area (Å²) in [5, 5.41) is 13.3. The van der Waals surface area contributed by atoms with Crippen LogP contribution in [0.1, 0.15) is 35.8 Å². The van der Waals surface area contributed by atoms with E-state index in [1.54, 1.807) is 6.07 Å². The molecule has 1 amide bonds. The van der Waals surface area contributed by atoms with Gasteiger partial charge >= 0.3 is 0 Å². The number of para-hydroxylation sites is 1. The number of aliphatic hydroxyl groups is 1. The Balaban J connectivity index is 2.15. The Bertz CT molecular complexity index is 610. The Labute approximate surface area is 118 Å². The molecule has 1 aromatic carbocycles. The largest absolute Gasteiger partial charge is 0.393 e. The molecule has 0 saturated heterocycles. The van der Waals surface area contributed by atoms with E-state index in [0.717, 1.165) is 16.6 Å². The van der Waals surface area contributed by atoms with Crippen LogP contribution >= 0.6 is 0 Å². The number of nitrogens with one attached hydrogen (secondary N) is 1. The highest BCUT2D eigenvalue weighted by Gasteiger charge is 2.11. The van der Waals surface area contributed by atoms with E-state index in [1.165, 1.54) is 0 Å². The summed E-state index contributed by atoms with van der Waals surface area (Å²) in [7, 11) is 0. The van der Waals surface area contributed by atoms with Crippen molar-refractivity contribution in [2.24, 2.45) is 0 Å². The molecular formula is C16H20N2O2. The molecule has 0 fully saturated rings. The van der Waals surface area contributed by atoms with Gasteiger partial charge < -0.3 is 10.4 Å². The predicted octanol–water partition coefficient (Wildman–Crippen LogP) is 2.43. The Morgan fingerprint density at radius 1 is 1.35 bits per heavy atom. The summed E-state index contributed by atoms with van der Waals surface area (Å²) >= 11 is 0. The SMILES string of the molecule is CCC(O)CCNC(=O)c1cccc2ccc(C)nc12. The molecule has 4 heteroatoms. The van der Waals surface area contributed by atoms with Crippen molar-refractivity contribution in [1.29, 1.82) is 0 Å². The number of rotatable bonds is 5. The minimum atomic E-state index is -0.358. The second-order valence-corrected chi connectivity index (χ2v) is 4.94. The number of carbonyl (C=O) groups excluding carboxylic acids is 1. The van der Waals surface area contributed by atoms with E-state index in [1.807, 2.05) is 38.1 Å². The molecule has 1 unspecified atom stereocenters. The fourth-order valence-electron chi connectivity index (χ4n) is 2.08. The van der Waals surface area contributed by atoms with Crippen molar-refractivity contribution < 1.29 is 9.90 Å². The monoisotopic (exact) mass is 272 g/mol. The highest BCUT2D eigenvalue weighted by atomic mass is 16.3. The van der Waals surface area contributed by atoms with Crippen molar-refractivity contribution in [3.8, 4) is 0 Å². The van der Waals surface area contributed by atoms with Crippen LogP contribution < -0.4 is 5.32 Å². The smallest absolute Gasteiger partial charge is 0.253 e. The number of carbonyl (C=O) groups is 1. The molecule has 1 atom stereocenters. The van der Waals surface area contributed by atoms with Crippen LogP contribution in [0.5, 0.6) is 0 Å². The van der Waals surface area contributed by atoms with Crippen molar-refractivity contribution in [3.63, 3.8) is 0 Å². The summed E-state index contributed by atoms with van der Waals surface area (Å²) in [4.78, 5) is 16.7. The average Bonchev–Trinajstić information content (AvgIpc) is 2.46. The van der Waals surface area contributed by atoms with Gasteiger partial charge in [0, 0.05) is 17.6 Å². The summed E-state index contributed by atoms with van der Waals surface area (Å²) in [6.45, 7) is 4.30. The van der Waals surface area contributed by atoms with Crippen molar-refractivity contribution in [2.45, 2.75) is 32.8 Å². The third-order valence-corrected chi connectivity index (χ3v) is 3.34. The maximum absolute atomic E-state index is 12.2. The standard InChI is InChI=1S/C16H20N2O2/c1-3-13(19)9-10-17-16(20)14-6-4-5-12-8-7-11(2)18-15(12)14/h4-8,13,19H,3,9-10H2,1-2H3,(H,17,20). The van der Waals surface area contributed by atoms with Crippen LogP contribution in [-0.4, -0.2) is 28.6 Å². The van der Waals surface area contributed by atoms with E-state index in [2.05, 4.69) is 10.3 Å². The first-order valence-electron chi connectivity index (χ1n) is 6.94. The molecule has 4 nitrogen and oxygen atoms in total. The zero-order chi connectivity index (χ0) is 14.5. The average molecular weight is 272 g/mol. The van der Waals surface area contributed by atoms with Gasteiger partial charge in [0.25, 0.3) is 5.91 Å². The number of amides is 1. The lowest BCUT2D eigenvalue weighted by Crippen LogP contribution is -2.27. The minimum absolute atomic E-state index is 0.142. The quantitative estimate of drug-likeness (QED) is 0.878. The van der Waals surface area contributed by atoms with E-state index >= 15 is 0 Å². The van der Waals surface area contributed by atoms with Crippen molar-refractivity contribution in [2.75, 3.05) is 6.54 Å². The number of pyridine rings is 1. The predicted molar refractivity (Wildman–Crippen MR) is 79.7 cm³/mol. The lowest BCUT2D eigenvalue weighted by molar-refractivity contribution is 0.0943. The van der Waals surface area contributed by atoms with E-state index in [4.69, 9.17) is 0 Å². The number of aromatic nitrogens is 1. The number of hydrogen-bond acceptors (Lipinski definition) is 3. The summed E-state index contributed by atoms with van der Waals surface area (Å²) < 4.78 is 0. The van der Waals surface area contributed by atoms with Gasteiger partial charge in [0.05, 0.1) is 17.2 Å². The van der Waals surface area contributed by atoms with Crippen LogP contribution in [-0.2, 0) is 0 Å². The van der Waals surface area contributed by atoms with E-state index in [-0.39, 0.29) is 12.0 Å². The molecule has 1 aromatic heterocycles. The van der Waals surface area contributed by atoms with Gasteiger partial charge in [-0.3, -0.25) is 9.78 Å². The van der Waals surface area contributed by atoms with Gasteiger partial charge in [-0.2, -0.15) is 0 Å². The first-order valence-corrected chi connectivity index (χ1v) is 6.94. The van der Waals surface area contributed by atoms with Crippen LogP contribution in [0.3, 0.4) is 0 Å². The summed E-state index contributed by atoms with van der Waals surface area (Å²) in [5.74, 6) is -0.142. The topological polar surface area (TPSA) is 62.2 Å². The fourth-order valence-corrected chi connectivity index (χ4v) is 2.08. The van der Waals surface area contributed by atoms with Crippen LogP contribution in [0.4, 0.5) is 0 Å². The Morgan fingerprint density at radius 3 is 2.90 bits per heavy atom. The van der Waals surface area contributed by atoms with E-state index in [9.17, 15) is 9.90 Å². The van der Waals surface area contributed by atoms with Gasteiger partial charge in [-0.1, -0.05) is 25.1 Å². The van der Waals surface area contributed by atoms with Gasteiger partial charge in [-0.05, 0) is 31.9 Å². The van der Waals surface area contributed by atoms with Gasteiger partial charge in [0.2, 0.25) is 0 Å². The molecule has 2 rings (SSSR count). The van der Waals surface area contributed by atoms with Crippen LogP contribution in [0.2, 0.25) is 0 Å². The molecule has 0 radical (unpaired) electrons. The van der Waals surface area contributed by atoms with Crippen LogP contribution in [0.15, 0.2) is 30.3 Å². The first kappa shape index (κ1) is 14.5. The molecule has 0 aliphatic heterocycles. The summed E-state index contributed by atoms with van der Waals surface area (Å²) in [6, 6.07) is 9.48. The lowest BCUT2D eigenvalue weighted by Gasteiger charge is -2.10. The number of aryl methyl sites for hydroxylation is 1. The minimum Gasteiger partial charge on any atom is -0.393 e. The van der Waals surface area contributed by atoms with Crippen molar-refractivity contribution in [1.82, 2.24) is 10.3 Å². The fraction of sp³-hybridized carbons (Fsp3) is 0.375. The maximum atomic E-state index is 12.2. The molecule has 0 saturated carbocycles. The molecule has 106 valence electrons. The first-order chi connectivity index (χ1) is 9.61. The highest BCUT2D eigenvalue weighted by Crippen LogP contribution is 2.17. The van der Waals surface area contributed by atoms with E-state index in [0.29, 0.717) is 24.9 Å². The molecule has 20 heavy (non-hydrogen) atoms. The molecule has 0 spiro atoms. The molecule has 2 N–H and O–H groups in total. The Kier molecular flexibility index (Phi) is 4.69. The van der Waals surface area contributed by atoms with Crippen molar-refractivity contribution in [3.05, 3.63) is 41.6 Å². The molecule has 1 heterocycles. The van der Waals surface area contributed by atoms with Gasteiger partial charge in [-0.15, -0.1) is 0 Å². The molecule has 2 aromatic rings. The lowest BCUT2D eigenvalue weighted by atomic mass is 10.1. The third-order valence-electron chi connectivity index (χ3n) is 3.34. The number of hydrogen-bond donors (Lipinski definition) is 2. The Morgan fingerprint density at radius 2 is 2.15 bits per heavy atom. The Hall–Kier alpha value is -1.94. The molecule has 0 bridgehead atoms. The van der Waals surface area contributed by atoms with Crippen molar-refractivity contribution >= 4 is 16.8 Å². The summed E-state index contributed by atoms with van der Waals surface area (Å²) in [6.07, 6.45) is 0.910. The second kappa shape index (κ2) is 6.48. The highest BCUT2D eigenvalue weighted by molar-refractivity contribution is 6.05. The van der Waals surface area contributed by atoms with Gasteiger partial charge in [-0.25, -0.2) is 0 Å². The van der Waals surface area contributed by atoms with Gasteiger partial charge in [0.1, 0.15) is 0 Å². The molecular weight excluding hydrogens is 252 g/mol. The van der Waals surface area contributed by atoms with E-state index < -0.39 is 0 Å². The number of fused-ring (bicyclic) bond motifs is 1. The zero-order valence-electron chi connectivity index (χ0n) is 11.9. The number of nitrogens with zero attached hydrogens (tertiary/aromatic N) is 1. The maximum Gasteiger partial charge on any atom is 0.253 e.